The number of hydrogen-bond acceptors (Lipinski definition) is 3. The van der Waals surface area contributed by atoms with Crippen LogP contribution >= 0.6 is 0 Å². The molecule has 0 fully saturated rings. The Labute approximate surface area is 51.3 Å². The fourth-order valence-electron chi connectivity index (χ4n) is 0.0865. The molecule has 0 spiro atoms. The van der Waals surface area contributed by atoms with Crippen molar-refractivity contribution in [3.05, 3.63) is 0 Å². The first-order valence-corrected chi connectivity index (χ1v) is 3.16. The molecule has 1 unspecified atom stereocenters. The fraction of sp³-hybridized carbons (Fsp3) is 1.00. The molecular weight excluding hydrogens is 161 g/mol. The van der Waals surface area contributed by atoms with Gasteiger partial charge in [-0.3, -0.25) is 0 Å². The van der Waals surface area contributed by atoms with Gasteiger partial charge in [0.2, 0.25) is 0 Å². The number of hydrogen-bond donors (Lipinski definition) is 0. The minimum absolute atomic E-state index is 0.908. The van der Waals surface area contributed by atoms with Gasteiger partial charge in [0.15, 0.2) is 11.1 Å². The van der Waals surface area contributed by atoms with Crippen molar-refractivity contribution >= 4 is 11.1 Å². The monoisotopic (exact) mass is 164 g/mol. The van der Waals surface area contributed by atoms with Crippen LogP contribution in [-0.2, 0) is 20.3 Å². The SMILES string of the molecule is CS(=O)OOC(F)(F)F. The molecule has 0 aromatic rings. The second-order valence-electron chi connectivity index (χ2n) is 0.998. The largest absolute Gasteiger partial charge is 0.550 e. The van der Waals surface area contributed by atoms with Gasteiger partial charge in [-0.05, 0) is 0 Å². The summed E-state index contributed by atoms with van der Waals surface area (Å²) in [5, 5.41) is 0. The van der Waals surface area contributed by atoms with E-state index >= 15 is 0 Å². The molecule has 0 aliphatic heterocycles. The first kappa shape index (κ1) is 8.86. The second-order valence-corrected chi connectivity index (χ2v) is 1.94. The van der Waals surface area contributed by atoms with Crippen LogP contribution in [0.5, 0.6) is 0 Å². The molecule has 9 heavy (non-hydrogen) atoms. The third kappa shape index (κ3) is 7.86. The summed E-state index contributed by atoms with van der Waals surface area (Å²) >= 11 is -2.05. The van der Waals surface area contributed by atoms with Crippen LogP contribution in [0.25, 0.3) is 0 Å². The highest BCUT2D eigenvalue weighted by Crippen LogP contribution is 2.16. The Bertz CT molecular complexity index is 110. The van der Waals surface area contributed by atoms with Crippen LogP contribution in [0.2, 0.25) is 0 Å². The molecular formula is C2H3F3O3S. The zero-order valence-corrected chi connectivity index (χ0v) is 5.08. The summed E-state index contributed by atoms with van der Waals surface area (Å²) in [6, 6.07) is 0. The van der Waals surface area contributed by atoms with Crippen LogP contribution in [0.1, 0.15) is 0 Å². The smallest absolute Gasteiger partial charge is 0.227 e. The molecule has 0 aliphatic carbocycles. The van der Waals surface area contributed by atoms with Crippen molar-refractivity contribution in [1.82, 2.24) is 0 Å². The van der Waals surface area contributed by atoms with Gasteiger partial charge in [0, 0.05) is 6.26 Å². The van der Waals surface area contributed by atoms with E-state index in [2.05, 4.69) is 9.22 Å². The van der Waals surface area contributed by atoms with E-state index in [9.17, 15) is 17.4 Å². The number of rotatable bonds is 2. The summed E-state index contributed by atoms with van der Waals surface area (Å²) in [5.74, 6) is 0. The molecule has 0 rings (SSSR count). The predicted molar refractivity (Wildman–Crippen MR) is 22.3 cm³/mol. The van der Waals surface area contributed by atoms with E-state index in [0.29, 0.717) is 0 Å². The highest BCUT2D eigenvalue weighted by molar-refractivity contribution is 7.79. The van der Waals surface area contributed by atoms with Crippen LogP contribution in [-0.4, -0.2) is 16.8 Å². The third-order valence-corrected chi connectivity index (χ3v) is 0.484. The molecule has 0 saturated heterocycles. The minimum Gasteiger partial charge on any atom is -0.227 e. The normalized spacial score (nSPS) is 15.6. The Kier molecular flexibility index (Phi) is 3.09. The molecule has 1 atom stereocenters. The van der Waals surface area contributed by atoms with Crippen molar-refractivity contribution in [3.63, 3.8) is 0 Å². The van der Waals surface area contributed by atoms with Crippen LogP contribution in [0.15, 0.2) is 0 Å². The highest BCUT2D eigenvalue weighted by Gasteiger charge is 2.31. The number of halogens is 3. The molecule has 0 aromatic heterocycles. The van der Waals surface area contributed by atoms with Gasteiger partial charge < -0.3 is 0 Å². The summed E-state index contributed by atoms with van der Waals surface area (Å²) in [6.45, 7) is 0. The Balaban J connectivity index is 3.39. The summed E-state index contributed by atoms with van der Waals surface area (Å²) in [5.41, 5.74) is 0. The first-order valence-electron chi connectivity index (χ1n) is 1.68. The lowest BCUT2D eigenvalue weighted by atomic mass is 11.4. The van der Waals surface area contributed by atoms with E-state index in [1.165, 1.54) is 0 Å². The summed E-state index contributed by atoms with van der Waals surface area (Å²) in [7, 11) is 0. The maximum absolute atomic E-state index is 10.9. The second kappa shape index (κ2) is 3.14. The molecule has 3 nitrogen and oxygen atoms in total. The minimum atomic E-state index is -4.88. The lowest BCUT2D eigenvalue weighted by molar-refractivity contribution is -0.442. The van der Waals surface area contributed by atoms with Gasteiger partial charge in [0.25, 0.3) is 0 Å². The van der Waals surface area contributed by atoms with E-state index in [1.807, 2.05) is 0 Å². The molecule has 0 radical (unpaired) electrons. The summed E-state index contributed by atoms with van der Waals surface area (Å²) < 4.78 is 45.8. The van der Waals surface area contributed by atoms with E-state index in [4.69, 9.17) is 0 Å². The Hall–Kier alpha value is -0.140. The Morgan fingerprint density at radius 3 is 2.00 bits per heavy atom. The van der Waals surface area contributed by atoms with Gasteiger partial charge in [-0.25, -0.2) is 4.21 Å². The maximum atomic E-state index is 10.9. The predicted octanol–water partition coefficient (Wildman–Crippen LogP) is 0.748. The number of alkyl halides is 3. The van der Waals surface area contributed by atoms with E-state index in [-0.39, 0.29) is 0 Å². The lowest BCUT2D eigenvalue weighted by Crippen LogP contribution is -2.14. The summed E-state index contributed by atoms with van der Waals surface area (Å²) in [6.07, 6.45) is -3.97. The van der Waals surface area contributed by atoms with Crippen molar-refractivity contribution in [2.75, 3.05) is 6.26 Å². The van der Waals surface area contributed by atoms with Crippen molar-refractivity contribution in [2.45, 2.75) is 6.36 Å². The van der Waals surface area contributed by atoms with E-state index in [0.717, 1.165) is 6.26 Å². The van der Waals surface area contributed by atoms with Crippen molar-refractivity contribution in [2.24, 2.45) is 0 Å². The van der Waals surface area contributed by atoms with Gasteiger partial charge >= 0.3 is 6.36 Å². The third-order valence-electron chi connectivity index (χ3n) is 0.224. The fourth-order valence-corrected chi connectivity index (χ4v) is 0.259. The first-order chi connectivity index (χ1) is 3.92. The van der Waals surface area contributed by atoms with Gasteiger partial charge in [-0.1, -0.05) is 0 Å². The highest BCUT2D eigenvalue weighted by atomic mass is 32.2. The van der Waals surface area contributed by atoms with Crippen LogP contribution in [0.3, 0.4) is 0 Å². The van der Waals surface area contributed by atoms with Crippen LogP contribution < -0.4 is 0 Å². The van der Waals surface area contributed by atoms with Crippen molar-refractivity contribution < 1.29 is 26.6 Å². The molecule has 0 amide bonds. The Morgan fingerprint density at radius 2 is 1.89 bits per heavy atom. The molecule has 0 N–H and O–H groups in total. The molecule has 0 bridgehead atoms. The molecule has 0 heterocycles. The average molecular weight is 164 g/mol. The topological polar surface area (TPSA) is 35.5 Å². The molecule has 7 heteroatoms. The van der Waals surface area contributed by atoms with Crippen LogP contribution in [0.4, 0.5) is 13.2 Å². The zero-order chi connectivity index (χ0) is 7.49. The maximum Gasteiger partial charge on any atom is 0.550 e. The zero-order valence-electron chi connectivity index (χ0n) is 4.27. The van der Waals surface area contributed by atoms with Crippen molar-refractivity contribution in [3.8, 4) is 0 Å². The Morgan fingerprint density at radius 1 is 1.44 bits per heavy atom. The van der Waals surface area contributed by atoms with Gasteiger partial charge in [0.1, 0.15) is 0 Å². The lowest BCUT2D eigenvalue weighted by Gasteiger charge is -2.01. The van der Waals surface area contributed by atoms with E-state index in [1.54, 1.807) is 0 Å². The van der Waals surface area contributed by atoms with Crippen LogP contribution in [0, 0.1) is 0 Å². The molecule has 0 aliphatic rings. The molecule has 0 aromatic carbocycles. The van der Waals surface area contributed by atoms with Gasteiger partial charge in [-0.15, -0.1) is 22.4 Å². The van der Waals surface area contributed by atoms with E-state index < -0.39 is 17.4 Å². The summed E-state index contributed by atoms with van der Waals surface area (Å²) in [4.78, 5) is 2.69. The van der Waals surface area contributed by atoms with Gasteiger partial charge in [0.05, 0.1) is 0 Å². The molecule has 56 valence electrons. The average Bonchev–Trinajstić information content (AvgIpc) is 1.59. The van der Waals surface area contributed by atoms with Gasteiger partial charge in [-0.2, -0.15) is 0 Å². The van der Waals surface area contributed by atoms with Crippen molar-refractivity contribution in [1.29, 1.82) is 0 Å². The standard InChI is InChI=1S/C2H3F3O3S/c1-9(6)8-7-2(3,4)5/h1H3. The molecule has 0 saturated carbocycles. The quantitative estimate of drug-likeness (QED) is 0.446.